The molecular formula is C10H20N2O3S. The maximum atomic E-state index is 11.8. The summed E-state index contributed by atoms with van der Waals surface area (Å²) in [6.45, 7) is 2.55. The van der Waals surface area contributed by atoms with Gasteiger partial charge in [0, 0.05) is 13.1 Å². The Labute approximate surface area is 100 Å². The van der Waals surface area contributed by atoms with Gasteiger partial charge in [-0.15, -0.1) is 0 Å². The number of nitrogens with two attached hydrogens (primary N) is 1. The third-order valence-electron chi connectivity index (χ3n) is 2.24. The third-order valence-corrected chi connectivity index (χ3v) is 2.88. The fourth-order valence-corrected chi connectivity index (χ4v) is 1.75. The summed E-state index contributed by atoms with van der Waals surface area (Å²) in [5, 5.41) is 8.55. The lowest BCUT2D eigenvalue weighted by Gasteiger charge is -2.23. The summed E-state index contributed by atoms with van der Waals surface area (Å²) in [5.74, 6) is -0.217. The summed E-state index contributed by atoms with van der Waals surface area (Å²) in [5.41, 5.74) is 5.73. The lowest BCUT2D eigenvalue weighted by molar-refractivity contribution is -0.138. The van der Waals surface area contributed by atoms with E-state index in [-0.39, 0.29) is 18.9 Å². The number of nitrogens with zero attached hydrogens (tertiary/aromatic N) is 1. The number of carbonyl (C=O) groups excluding carboxylic acids is 1. The molecule has 1 amide bonds. The van der Waals surface area contributed by atoms with Gasteiger partial charge in [-0.2, -0.15) is 11.8 Å². The molecule has 0 rings (SSSR count). The first kappa shape index (κ1) is 15.2. The SMILES string of the molecule is CCN(CCC(=O)O)C(=O)[C@@H](N)CCSC. The fourth-order valence-electron chi connectivity index (χ4n) is 1.26. The Morgan fingerprint density at radius 3 is 2.56 bits per heavy atom. The number of thioether (sulfide) groups is 1. The van der Waals surface area contributed by atoms with Crippen LogP contribution < -0.4 is 5.73 Å². The van der Waals surface area contributed by atoms with Crippen LogP contribution in [0.25, 0.3) is 0 Å². The van der Waals surface area contributed by atoms with E-state index in [0.29, 0.717) is 13.0 Å². The molecule has 0 fully saturated rings. The molecule has 0 radical (unpaired) electrons. The second-order valence-electron chi connectivity index (χ2n) is 3.45. The van der Waals surface area contributed by atoms with E-state index in [1.54, 1.807) is 11.8 Å². The van der Waals surface area contributed by atoms with Gasteiger partial charge in [0.2, 0.25) is 5.91 Å². The van der Waals surface area contributed by atoms with Crippen LogP contribution in [0.15, 0.2) is 0 Å². The second kappa shape index (κ2) is 8.41. The van der Waals surface area contributed by atoms with Gasteiger partial charge in [0.15, 0.2) is 0 Å². The summed E-state index contributed by atoms with van der Waals surface area (Å²) in [7, 11) is 0. The maximum Gasteiger partial charge on any atom is 0.305 e. The zero-order valence-corrected chi connectivity index (χ0v) is 10.6. The van der Waals surface area contributed by atoms with Crippen molar-refractivity contribution in [1.82, 2.24) is 4.90 Å². The first-order valence-corrected chi connectivity index (χ1v) is 6.67. The van der Waals surface area contributed by atoms with Crippen molar-refractivity contribution in [3.63, 3.8) is 0 Å². The van der Waals surface area contributed by atoms with Crippen LogP contribution >= 0.6 is 11.8 Å². The molecule has 5 nitrogen and oxygen atoms in total. The average Bonchev–Trinajstić information content (AvgIpc) is 2.25. The molecule has 1 atom stereocenters. The summed E-state index contributed by atoms with van der Waals surface area (Å²) in [6.07, 6.45) is 2.55. The Morgan fingerprint density at radius 2 is 2.12 bits per heavy atom. The van der Waals surface area contributed by atoms with Crippen LogP contribution in [0.4, 0.5) is 0 Å². The average molecular weight is 248 g/mol. The van der Waals surface area contributed by atoms with Crippen molar-refractivity contribution < 1.29 is 14.7 Å². The number of carboxylic acid groups (broad SMARTS) is 1. The van der Waals surface area contributed by atoms with Gasteiger partial charge in [-0.25, -0.2) is 0 Å². The van der Waals surface area contributed by atoms with Crippen molar-refractivity contribution >= 4 is 23.6 Å². The summed E-state index contributed by atoms with van der Waals surface area (Å²) in [4.78, 5) is 23.7. The van der Waals surface area contributed by atoms with Crippen LogP contribution in [-0.4, -0.2) is 53.0 Å². The highest BCUT2D eigenvalue weighted by molar-refractivity contribution is 7.98. The standard InChI is InChI=1S/C10H20N2O3S/c1-3-12(6-4-9(13)14)10(15)8(11)5-7-16-2/h8H,3-7,11H2,1-2H3,(H,13,14)/t8-/m0/s1. The van der Waals surface area contributed by atoms with Gasteiger partial charge in [0.1, 0.15) is 0 Å². The lowest BCUT2D eigenvalue weighted by atomic mass is 10.2. The Morgan fingerprint density at radius 1 is 1.50 bits per heavy atom. The normalized spacial score (nSPS) is 12.2. The van der Waals surface area contributed by atoms with Crippen LogP contribution in [0.1, 0.15) is 19.8 Å². The maximum absolute atomic E-state index is 11.8. The monoisotopic (exact) mass is 248 g/mol. The second-order valence-corrected chi connectivity index (χ2v) is 4.44. The molecular weight excluding hydrogens is 228 g/mol. The van der Waals surface area contributed by atoms with Gasteiger partial charge in [-0.1, -0.05) is 0 Å². The minimum Gasteiger partial charge on any atom is -0.481 e. The van der Waals surface area contributed by atoms with Crippen LogP contribution in [0, 0.1) is 0 Å². The van der Waals surface area contributed by atoms with Gasteiger partial charge in [-0.3, -0.25) is 9.59 Å². The van der Waals surface area contributed by atoms with Gasteiger partial charge >= 0.3 is 5.97 Å². The van der Waals surface area contributed by atoms with E-state index in [9.17, 15) is 9.59 Å². The number of aliphatic carboxylic acids is 1. The van der Waals surface area contributed by atoms with E-state index in [1.807, 2.05) is 13.2 Å². The zero-order chi connectivity index (χ0) is 12.6. The van der Waals surface area contributed by atoms with E-state index in [2.05, 4.69) is 0 Å². The molecule has 0 aliphatic heterocycles. The Hall–Kier alpha value is -0.750. The van der Waals surface area contributed by atoms with Crippen LogP contribution in [0.2, 0.25) is 0 Å². The van der Waals surface area contributed by atoms with Crippen molar-refractivity contribution in [2.45, 2.75) is 25.8 Å². The summed E-state index contributed by atoms with van der Waals surface area (Å²) >= 11 is 1.64. The number of carboxylic acids is 1. The smallest absolute Gasteiger partial charge is 0.305 e. The van der Waals surface area contributed by atoms with E-state index in [4.69, 9.17) is 10.8 Å². The van der Waals surface area contributed by atoms with Gasteiger partial charge in [0.05, 0.1) is 12.5 Å². The molecule has 0 saturated carbocycles. The molecule has 6 heteroatoms. The van der Waals surface area contributed by atoms with Gasteiger partial charge < -0.3 is 15.7 Å². The van der Waals surface area contributed by atoms with E-state index in [1.165, 1.54) is 4.90 Å². The number of amides is 1. The lowest BCUT2D eigenvalue weighted by Crippen LogP contribution is -2.44. The highest BCUT2D eigenvalue weighted by atomic mass is 32.2. The number of carbonyl (C=O) groups is 2. The van der Waals surface area contributed by atoms with Crippen LogP contribution in [-0.2, 0) is 9.59 Å². The molecule has 0 aromatic carbocycles. The van der Waals surface area contributed by atoms with Crippen molar-refractivity contribution in [3.8, 4) is 0 Å². The van der Waals surface area contributed by atoms with E-state index in [0.717, 1.165) is 5.75 Å². The molecule has 0 saturated heterocycles. The minimum absolute atomic E-state index is 0.0329. The first-order valence-electron chi connectivity index (χ1n) is 5.28. The van der Waals surface area contributed by atoms with Crippen molar-refractivity contribution in [3.05, 3.63) is 0 Å². The zero-order valence-electron chi connectivity index (χ0n) is 9.81. The van der Waals surface area contributed by atoms with Crippen LogP contribution in [0.5, 0.6) is 0 Å². The number of rotatable bonds is 8. The number of hydrogen-bond donors (Lipinski definition) is 2. The highest BCUT2D eigenvalue weighted by Crippen LogP contribution is 2.03. The van der Waals surface area contributed by atoms with E-state index >= 15 is 0 Å². The van der Waals surface area contributed by atoms with Gasteiger partial charge in [0.25, 0.3) is 0 Å². The molecule has 0 aromatic rings. The Balaban J connectivity index is 4.12. The molecule has 16 heavy (non-hydrogen) atoms. The van der Waals surface area contributed by atoms with Crippen molar-refractivity contribution in [1.29, 1.82) is 0 Å². The quantitative estimate of drug-likeness (QED) is 0.649. The molecule has 0 spiro atoms. The third kappa shape index (κ3) is 5.97. The topological polar surface area (TPSA) is 83.6 Å². The Kier molecular flexibility index (Phi) is 8.01. The number of hydrogen-bond acceptors (Lipinski definition) is 4. The summed E-state index contributed by atoms with van der Waals surface area (Å²) < 4.78 is 0. The molecule has 0 bridgehead atoms. The molecule has 94 valence electrons. The molecule has 3 N–H and O–H groups in total. The molecule has 0 unspecified atom stereocenters. The van der Waals surface area contributed by atoms with Crippen LogP contribution in [0.3, 0.4) is 0 Å². The Bertz CT molecular complexity index is 236. The molecule has 0 aromatic heterocycles. The molecule has 0 aliphatic carbocycles. The minimum atomic E-state index is -0.899. The van der Waals surface area contributed by atoms with Gasteiger partial charge in [-0.05, 0) is 25.4 Å². The fraction of sp³-hybridized carbons (Fsp3) is 0.800. The first-order chi connectivity index (χ1) is 7.52. The largest absolute Gasteiger partial charge is 0.481 e. The summed E-state index contributed by atoms with van der Waals surface area (Å²) in [6, 6.07) is -0.513. The predicted molar refractivity (Wildman–Crippen MR) is 65.5 cm³/mol. The molecule has 0 aliphatic rings. The predicted octanol–water partition coefficient (Wildman–Crippen LogP) is 0.390. The van der Waals surface area contributed by atoms with Crippen molar-refractivity contribution in [2.24, 2.45) is 5.73 Å². The highest BCUT2D eigenvalue weighted by Gasteiger charge is 2.19. The van der Waals surface area contributed by atoms with Crippen molar-refractivity contribution in [2.75, 3.05) is 25.1 Å². The molecule has 0 heterocycles. The number of likely N-dealkylation sites (N-methyl/N-ethyl adjacent to an activating group) is 1. The van der Waals surface area contributed by atoms with E-state index < -0.39 is 12.0 Å².